The van der Waals surface area contributed by atoms with Gasteiger partial charge in [0.2, 0.25) is 10.0 Å². The van der Waals surface area contributed by atoms with Crippen LogP contribution in [-0.2, 0) is 16.2 Å². The van der Waals surface area contributed by atoms with Crippen LogP contribution in [0, 0.1) is 0 Å². The van der Waals surface area contributed by atoms with Crippen LogP contribution in [0.5, 0.6) is 5.75 Å². The Morgan fingerprint density at radius 1 is 1.24 bits per heavy atom. The third-order valence-corrected chi connectivity index (χ3v) is 6.69. The van der Waals surface area contributed by atoms with Gasteiger partial charge in [0.05, 0.1) is 23.3 Å². The molecule has 1 fully saturated rings. The highest BCUT2D eigenvalue weighted by atomic mass is 32.2. The normalized spacial score (nSPS) is 21.0. The molecule has 2 aliphatic rings. The lowest BCUT2D eigenvalue weighted by Crippen LogP contribution is -2.52. The van der Waals surface area contributed by atoms with Crippen molar-refractivity contribution in [2.45, 2.75) is 38.0 Å². The highest BCUT2D eigenvalue weighted by Crippen LogP contribution is 2.42. The topological polar surface area (TPSA) is 63.7 Å². The van der Waals surface area contributed by atoms with Crippen LogP contribution in [0.2, 0.25) is 0 Å². The van der Waals surface area contributed by atoms with Crippen molar-refractivity contribution >= 4 is 15.8 Å². The largest absolute Gasteiger partial charge is 0.486 e. The van der Waals surface area contributed by atoms with E-state index >= 15 is 0 Å². The first kappa shape index (κ1) is 18.2. The second-order valence-corrected chi connectivity index (χ2v) is 8.65. The molecule has 1 spiro atoms. The summed E-state index contributed by atoms with van der Waals surface area (Å²) in [5.41, 5.74) is -1.67. The Hall–Kier alpha value is -1.61. The first-order valence-electron chi connectivity index (χ1n) is 7.98. The van der Waals surface area contributed by atoms with Gasteiger partial charge in [-0.1, -0.05) is 0 Å². The van der Waals surface area contributed by atoms with Crippen LogP contribution < -0.4 is 4.74 Å². The second kappa shape index (κ2) is 5.98. The fraction of sp³-hybridized carbons (Fsp3) is 0.562. The van der Waals surface area contributed by atoms with Gasteiger partial charge in [-0.3, -0.25) is 4.79 Å². The summed E-state index contributed by atoms with van der Waals surface area (Å²) in [5.74, 6) is -0.364. The molecule has 25 heavy (non-hydrogen) atoms. The molecule has 2 aliphatic heterocycles. The second-order valence-electron chi connectivity index (χ2n) is 6.39. The Labute approximate surface area is 143 Å². The average molecular weight is 377 g/mol. The minimum atomic E-state index is -4.52. The summed E-state index contributed by atoms with van der Waals surface area (Å²) in [6.45, 7) is 1.94. The Morgan fingerprint density at radius 2 is 1.88 bits per heavy atom. The zero-order valence-corrected chi connectivity index (χ0v) is 14.4. The zero-order valence-electron chi connectivity index (χ0n) is 13.6. The van der Waals surface area contributed by atoms with Crippen molar-refractivity contribution in [2.75, 3.05) is 18.8 Å². The lowest BCUT2D eigenvalue weighted by molar-refractivity contribution is -0.137. The van der Waals surface area contributed by atoms with Crippen LogP contribution >= 0.6 is 0 Å². The molecule has 0 amide bonds. The third kappa shape index (κ3) is 3.39. The Kier molecular flexibility index (Phi) is 4.35. The highest BCUT2D eigenvalue weighted by Gasteiger charge is 2.45. The standard InChI is InChI=1S/C16H18F3NO4S/c1-2-25(22,23)20-7-5-15(6-8-20)10-13(21)12-4-3-11(16(17,18)19)9-14(12)24-15/h3-4,9H,2,5-8,10H2,1H3. The quantitative estimate of drug-likeness (QED) is 0.795. The average Bonchev–Trinajstić information content (AvgIpc) is 2.54. The molecular formula is C16H18F3NO4S. The van der Waals surface area contributed by atoms with E-state index in [4.69, 9.17) is 4.74 Å². The summed E-state index contributed by atoms with van der Waals surface area (Å²) in [6, 6.07) is 2.86. The molecule has 0 saturated carbocycles. The molecule has 0 unspecified atom stereocenters. The maximum absolute atomic E-state index is 12.9. The van der Waals surface area contributed by atoms with Gasteiger partial charge in [-0.15, -0.1) is 0 Å². The molecule has 2 heterocycles. The number of hydrogen-bond acceptors (Lipinski definition) is 4. The molecular weight excluding hydrogens is 359 g/mol. The van der Waals surface area contributed by atoms with Gasteiger partial charge >= 0.3 is 6.18 Å². The molecule has 1 aromatic carbocycles. The molecule has 1 saturated heterocycles. The monoisotopic (exact) mass is 377 g/mol. The van der Waals surface area contributed by atoms with E-state index in [-0.39, 0.29) is 55.2 Å². The van der Waals surface area contributed by atoms with Gasteiger partial charge in [0, 0.05) is 25.9 Å². The lowest BCUT2D eigenvalue weighted by atomic mass is 9.83. The van der Waals surface area contributed by atoms with E-state index in [2.05, 4.69) is 0 Å². The fourth-order valence-corrected chi connectivity index (χ4v) is 4.41. The Balaban J connectivity index is 1.85. The van der Waals surface area contributed by atoms with E-state index in [9.17, 15) is 26.4 Å². The maximum Gasteiger partial charge on any atom is 0.416 e. The Morgan fingerprint density at radius 3 is 2.44 bits per heavy atom. The minimum absolute atomic E-state index is 0.0163. The number of halogens is 3. The van der Waals surface area contributed by atoms with E-state index in [1.807, 2.05) is 0 Å². The maximum atomic E-state index is 12.9. The van der Waals surface area contributed by atoms with E-state index < -0.39 is 27.4 Å². The molecule has 0 N–H and O–H groups in total. The summed E-state index contributed by atoms with van der Waals surface area (Å²) >= 11 is 0. The molecule has 3 rings (SSSR count). The van der Waals surface area contributed by atoms with Crippen LogP contribution in [-0.4, -0.2) is 42.9 Å². The first-order chi connectivity index (χ1) is 11.6. The number of piperidine rings is 1. The summed E-state index contributed by atoms with van der Waals surface area (Å²) < 4.78 is 69.7. The number of Topliss-reactive ketones (excluding diaryl/α,β-unsaturated/α-hetero) is 1. The van der Waals surface area contributed by atoms with Crippen LogP contribution in [0.15, 0.2) is 18.2 Å². The molecule has 138 valence electrons. The molecule has 0 atom stereocenters. The third-order valence-electron chi connectivity index (χ3n) is 4.81. The van der Waals surface area contributed by atoms with Gasteiger partial charge < -0.3 is 4.74 Å². The number of ether oxygens (including phenoxy) is 1. The van der Waals surface area contributed by atoms with Gasteiger partial charge in [-0.25, -0.2) is 12.7 Å². The van der Waals surface area contributed by atoms with E-state index in [0.29, 0.717) is 0 Å². The van der Waals surface area contributed by atoms with Crippen molar-refractivity contribution in [1.29, 1.82) is 0 Å². The van der Waals surface area contributed by atoms with Crippen LogP contribution in [0.1, 0.15) is 42.1 Å². The van der Waals surface area contributed by atoms with Gasteiger partial charge in [0.1, 0.15) is 11.4 Å². The van der Waals surface area contributed by atoms with E-state index in [1.54, 1.807) is 6.92 Å². The van der Waals surface area contributed by atoms with Crippen molar-refractivity contribution < 1.29 is 31.1 Å². The van der Waals surface area contributed by atoms with Crippen molar-refractivity contribution in [3.05, 3.63) is 29.3 Å². The number of ketones is 1. The SMILES string of the molecule is CCS(=O)(=O)N1CCC2(CC1)CC(=O)c1ccc(C(F)(F)F)cc1O2. The summed E-state index contributed by atoms with van der Waals surface area (Å²) in [7, 11) is -3.33. The number of hydrogen-bond donors (Lipinski definition) is 0. The van der Waals surface area contributed by atoms with Gasteiger partial charge in [0.15, 0.2) is 5.78 Å². The number of carbonyl (C=O) groups is 1. The summed E-state index contributed by atoms with van der Waals surface area (Å²) in [5, 5.41) is 0. The van der Waals surface area contributed by atoms with Gasteiger partial charge in [-0.2, -0.15) is 13.2 Å². The van der Waals surface area contributed by atoms with Gasteiger partial charge in [0.25, 0.3) is 0 Å². The highest BCUT2D eigenvalue weighted by molar-refractivity contribution is 7.89. The van der Waals surface area contributed by atoms with Crippen LogP contribution in [0.4, 0.5) is 13.2 Å². The molecule has 9 heteroatoms. The molecule has 0 radical (unpaired) electrons. The lowest BCUT2D eigenvalue weighted by Gasteiger charge is -2.43. The summed E-state index contributed by atoms with van der Waals surface area (Å²) in [4.78, 5) is 12.4. The molecule has 1 aromatic rings. The number of fused-ring (bicyclic) bond motifs is 1. The predicted molar refractivity (Wildman–Crippen MR) is 84.0 cm³/mol. The fourth-order valence-electron chi connectivity index (χ4n) is 3.30. The van der Waals surface area contributed by atoms with Crippen molar-refractivity contribution in [3.63, 3.8) is 0 Å². The number of carbonyl (C=O) groups excluding carboxylic acids is 1. The molecule has 0 aromatic heterocycles. The molecule has 0 aliphatic carbocycles. The van der Waals surface area contributed by atoms with Crippen molar-refractivity contribution in [3.8, 4) is 5.75 Å². The number of nitrogens with zero attached hydrogens (tertiary/aromatic N) is 1. The molecule has 5 nitrogen and oxygen atoms in total. The van der Waals surface area contributed by atoms with Crippen LogP contribution in [0.3, 0.4) is 0 Å². The smallest absolute Gasteiger partial charge is 0.416 e. The van der Waals surface area contributed by atoms with E-state index in [0.717, 1.165) is 18.2 Å². The molecule has 0 bridgehead atoms. The first-order valence-corrected chi connectivity index (χ1v) is 9.58. The predicted octanol–water partition coefficient (Wildman–Crippen LogP) is 2.85. The van der Waals surface area contributed by atoms with Gasteiger partial charge in [-0.05, 0) is 25.1 Å². The number of sulfonamides is 1. The Bertz CT molecular complexity index is 796. The minimum Gasteiger partial charge on any atom is -0.486 e. The summed E-state index contributed by atoms with van der Waals surface area (Å²) in [6.07, 6.45) is -3.93. The number of benzene rings is 1. The number of rotatable bonds is 2. The van der Waals surface area contributed by atoms with E-state index in [1.165, 1.54) is 4.31 Å². The van der Waals surface area contributed by atoms with Crippen LogP contribution in [0.25, 0.3) is 0 Å². The van der Waals surface area contributed by atoms with Crippen molar-refractivity contribution in [2.24, 2.45) is 0 Å². The zero-order chi connectivity index (χ0) is 18.5. The van der Waals surface area contributed by atoms with Crippen molar-refractivity contribution in [1.82, 2.24) is 4.31 Å². The number of alkyl halides is 3.